The summed E-state index contributed by atoms with van der Waals surface area (Å²) in [6, 6.07) is 22.4. The highest BCUT2D eigenvalue weighted by Gasteiger charge is 2.36. The first-order chi connectivity index (χ1) is 13.9. The van der Waals surface area contributed by atoms with Crippen molar-refractivity contribution in [3.8, 4) is 6.07 Å². The minimum Gasteiger partial charge on any atom is -0.324 e. The lowest BCUT2D eigenvalue weighted by atomic mass is 9.92. The van der Waals surface area contributed by atoms with Gasteiger partial charge in [-0.3, -0.25) is 4.79 Å². The van der Waals surface area contributed by atoms with Gasteiger partial charge in [-0.05, 0) is 60.5 Å². The number of nitriles is 1. The third-order valence-corrected chi connectivity index (χ3v) is 5.78. The molecule has 0 aliphatic carbocycles. The molecule has 0 aliphatic heterocycles. The Balaban J connectivity index is 1.86. The van der Waals surface area contributed by atoms with Gasteiger partial charge < -0.3 is 11.1 Å². The number of amides is 1. The molecule has 0 saturated heterocycles. The molecule has 3 N–H and O–H groups in total. The van der Waals surface area contributed by atoms with Crippen molar-refractivity contribution in [3.63, 3.8) is 0 Å². The van der Waals surface area contributed by atoms with E-state index >= 15 is 0 Å². The predicted molar refractivity (Wildman–Crippen MR) is 114 cm³/mol. The SMILES string of the molecule is Cc1cc(NC(=O)[C@@](N)(CSc2ccc(F)cc2)c2ccccc2)ccc1C#N. The Hall–Kier alpha value is -3.14. The molecule has 3 aromatic carbocycles. The van der Waals surface area contributed by atoms with Gasteiger partial charge in [0.1, 0.15) is 11.4 Å². The Bertz CT molecular complexity index is 1050. The molecule has 0 radical (unpaired) electrons. The number of carbonyl (C=O) groups excluding carboxylic acids is 1. The number of anilines is 1. The summed E-state index contributed by atoms with van der Waals surface area (Å²) in [7, 11) is 0. The van der Waals surface area contributed by atoms with Gasteiger partial charge in [0.2, 0.25) is 5.91 Å². The second kappa shape index (κ2) is 8.91. The van der Waals surface area contributed by atoms with Crippen LogP contribution in [0.1, 0.15) is 16.7 Å². The van der Waals surface area contributed by atoms with E-state index in [1.54, 1.807) is 30.3 Å². The van der Waals surface area contributed by atoms with Crippen molar-refractivity contribution in [1.29, 1.82) is 5.26 Å². The predicted octanol–water partition coefficient (Wildman–Crippen LogP) is 4.59. The van der Waals surface area contributed by atoms with Crippen molar-refractivity contribution in [3.05, 3.63) is 95.3 Å². The number of benzene rings is 3. The molecule has 1 atom stereocenters. The van der Waals surface area contributed by atoms with E-state index in [-0.39, 0.29) is 17.5 Å². The van der Waals surface area contributed by atoms with E-state index in [4.69, 9.17) is 11.0 Å². The molecule has 0 spiro atoms. The lowest BCUT2D eigenvalue weighted by molar-refractivity contribution is -0.120. The molecule has 0 saturated carbocycles. The van der Waals surface area contributed by atoms with Crippen molar-refractivity contribution in [2.45, 2.75) is 17.4 Å². The molecule has 0 bridgehead atoms. The zero-order valence-corrected chi connectivity index (χ0v) is 16.7. The normalized spacial score (nSPS) is 12.6. The van der Waals surface area contributed by atoms with Gasteiger partial charge in [-0.2, -0.15) is 5.26 Å². The highest BCUT2D eigenvalue weighted by atomic mass is 32.2. The van der Waals surface area contributed by atoms with E-state index in [1.807, 2.05) is 37.3 Å². The van der Waals surface area contributed by atoms with Gasteiger partial charge in [0.15, 0.2) is 0 Å². The fraction of sp³-hybridized carbons (Fsp3) is 0.130. The number of hydrogen-bond donors (Lipinski definition) is 2. The molecule has 146 valence electrons. The summed E-state index contributed by atoms with van der Waals surface area (Å²) in [6.07, 6.45) is 0. The maximum atomic E-state index is 13.2. The summed E-state index contributed by atoms with van der Waals surface area (Å²) in [4.78, 5) is 14.0. The number of carbonyl (C=O) groups is 1. The van der Waals surface area contributed by atoms with Crippen LogP contribution in [0.15, 0.2) is 77.7 Å². The molecule has 6 heteroatoms. The number of nitrogens with zero attached hydrogens (tertiary/aromatic N) is 1. The second-order valence-corrected chi connectivity index (χ2v) is 7.72. The van der Waals surface area contributed by atoms with Crippen molar-refractivity contribution < 1.29 is 9.18 Å². The number of nitrogens with two attached hydrogens (primary N) is 1. The number of thioether (sulfide) groups is 1. The summed E-state index contributed by atoms with van der Waals surface area (Å²) in [5.74, 6) is -0.406. The number of hydrogen-bond acceptors (Lipinski definition) is 4. The summed E-state index contributed by atoms with van der Waals surface area (Å²) in [6.45, 7) is 1.81. The van der Waals surface area contributed by atoms with E-state index in [0.717, 1.165) is 10.5 Å². The molecular weight excluding hydrogens is 385 g/mol. The number of aryl methyl sites for hydroxylation is 1. The first-order valence-corrected chi connectivity index (χ1v) is 9.96. The molecule has 0 aliphatic rings. The third-order valence-electron chi connectivity index (χ3n) is 4.58. The van der Waals surface area contributed by atoms with Gasteiger partial charge in [-0.25, -0.2) is 4.39 Å². The number of nitrogens with one attached hydrogen (secondary N) is 1. The van der Waals surface area contributed by atoms with Crippen molar-refractivity contribution in [1.82, 2.24) is 0 Å². The quantitative estimate of drug-likeness (QED) is 0.588. The van der Waals surface area contributed by atoms with Crippen LogP contribution in [0.25, 0.3) is 0 Å². The van der Waals surface area contributed by atoms with Crippen LogP contribution >= 0.6 is 11.8 Å². The molecule has 0 unspecified atom stereocenters. The Labute approximate surface area is 173 Å². The van der Waals surface area contributed by atoms with E-state index in [2.05, 4.69) is 11.4 Å². The van der Waals surface area contributed by atoms with Gasteiger partial charge in [-0.1, -0.05) is 30.3 Å². The van der Waals surface area contributed by atoms with Crippen LogP contribution in [-0.2, 0) is 10.3 Å². The molecule has 0 fully saturated rings. The van der Waals surface area contributed by atoms with Gasteiger partial charge in [-0.15, -0.1) is 11.8 Å². The van der Waals surface area contributed by atoms with E-state index in [9.17, 15) is 9.18 Å². The van der Waals surface area contributed by atoms with Crippen LogP contribution in [0.5, 0.6) is 0 Å². The molecular formula is C23H20FN3OS. The zero-order chi connectivity index (χ0) is 20.9. The van der Waals surface area contributed by atoms with Gasteiger partial charge in [0.25, 0.3) is 0 Å². The molecule has 1 amide bonds. The second-order valence-electron chi connectivity index (χ2n) is 6.68. The Morgan fingerprint density at radius 2 is 1.83 bits per heavy atom. The molecule has 29 heavy (non-hydrogen) atoms. The average molecular weight is 405 g/mol. The van der Waals surface area contributed by atoms with Crippen LogP contribution in [0.2, 0.25) is 0 Å². The monoisotopic (exact) mass is 405 g/mol. The minimum absolute atomic E-state index is 0.268. The fourth-order valence-corrected chi connectivity index (χ4v) is 3.87. The smallest absolute Gasteiger partial charge is 0.249 e. The lowest BCUT2D eigenvalue weighted by Gasteiger charge is -2.28. The summed E-state index contributed by atoms with van der Waals surface area (Å²) < 4.78 is 13.2. The van der Waals surface area contributed by atoms with Crippen LogP contribution in [0, 0.1) is 24.1 Å². The largest absolute Gasteiger partial charge is 0.324 e. The minimum atomic E-state index is -1.30. The van der Waals surface area contributed by atoms with E-state index in [1.165, 1.54) is 23.9 Å². The fourth-order valence-electron chi connectivity index (χ4n) is 2.85. The highest BCUT2D eigenvalue weighted by Crippen LogP contribution is 2.30. The first kappa shape index (κ1) is 20.6. The molecule has 0 aromatic heterocycles. The van der Waals surface area contributed by atoms with Crippen LogP contribution in [0.4, 0.5) is 10.1 Å². The highest BCUT2D eigenvalue weighted by molar-refractivity contribution is 7.99. The maximum Gasteiger partial charge on any atom is 0.249 e. The van der Waals surface area contributed by atoms with Gasteiger partial charge >= 0.3 is 0 Å². The average Bonchev–Trinajstić information content (AvgIpc) is 2.74. The topological polar surface area (TPSA) is 78.9 Å². The number of rotatable bonds is 6. The molecule has 0 heterocycles. The van der Waals surface area contributed by atoms with Crippen molar-refractivity contribution in [2.75, 3.05) is 11.1 Å². The summed E-state index contributed by atoms with van der Waals surface area (Å²) in [5.41, 5.74) is 7.90. The van der Waals surface area contributed by atoms with Gasteiger partial charge in [0, 0.05) is 16.3 Å². The summed E-state index contributed by atoms with van der Waals surface area (Å²) in [5, 5.41) is 12.0. The Kier molecular flexibility index (Phi) is 6.32. The molecule has 3 aromatic rings. The lowest BCUT2D eigenvalue weighted by Crippen LogP contribution is -2.50. The van der Waals surface area contributed by atoms with E-state index in [0.29, 0.717) is 16.8 Å². The first-order valence-electron chi connectivity index (χ1n) is 8.97. The van der Waals surface area contributed by atoms with Crippen LogP contribution in [-0.4, -0.2) is 11.7 Å². The van der Waals surface area contributed by atoms with Crippen molar-refractivity contribution >= 4 is 23.4 Å². The maximum absolute atomic E-state index is 13.2. The molecule has 3 rings (SSSR count). The zero-order valence-electron chi connectivity index (χ0n) is 15.9. The third kappa shape index (κ3) is 4.83. The number of halogens is 1. The summed E-state index contributed by atoms with van der Waals surface area (Å²) >= 11 is 1.38. The molecule has 4 nitrogen and oxygen atoms in total. The Morgan fingerprint density at radius 1 is 1.14 bits per heavy atom. The van der Waals surface area contributed by atoms with Crippen LogP contribution in [0.3, 0.4) is 0 Å². The van der Waals surface area contributed by atoms with Gasteiger partial charge in [0.05, 0.1) is 11.6 Å². The van der Waals surface area contributed by atoms with Crippen LogP contribution < -0.4 is 11.1 Å². The van der Waals surface area contributed by atoms with Crippen molar-refractivity contribution in [2.24, 2.45) is 5.73 Å². The standard InChI is InChI=1S/C23H20FN3OS/c1-16-13-20(10-7-17(16)14-25)27-22(28)23(26,18-5-3-2-4-6-18)15-29-21-11-8-19(24)9-12-21/h2-13H,15,26H2,1H3,(H,27,28)/t23-/m1/s1. The Morgan fingerprint density at radius 3 is 2.45 bits per heavy atom. The van der Waals surface area contributed by atoms with E-state index < -0.39 is 5.54 Å².